The van der Waals surface area contributed by atoms with Crippen molar-refractivity contribution in [3.8, 4) is 23.0 Å². The van der Waals surface area contributed by atoms with Crippen LogP contribution in [0.4, 0.5) is 0 Å². The molecule has 0 fully saturated rings. The summed E-state index contributed by atoms with van der Waals surface area (Å²) in [6, 6.07) is 15.2. The quantitative estimate of drug-likeness (QED) is 0.332. The first-order chi connectivity index (χ1) is 14.7. The molecule has 2 aromatic carbocycles. The number of hydrogen-bond donors (Lipinski definition) is 0. The van der Waals surface area contributed by atoms with Crippen LogP contribution in [0.25, 0.3) is 17.2 Å². The van der Waals surface area contributed by atoms with Gasteiger partial charge in [0, 0.05) is 18.1 Å². The molecule has 2 aromatic heterocycles. The van der Waals surface area contributed by atoms with Gasteiger partial charge < -0.3 is 4.74 Å². The van der Waals surface area contributed by atoms with Gasteiger partial charge in [0.25, 0.3) is 0 Å². The van der Waals surface area contributed by atoms with Gasteiger partial charge in [-0.15, -0.1) is 10.2 Å². The van der Waals surface area contributed by atoms with Crippen LogP contribution in [-0.4, -0.2) is 43.4 Å². The van der Waals surface area contributed by atoms with Gasteiger partial charge in [0.1, 0.15) is 11.4 Å². The van der Waals surface area contributed by atoms with Gasteiger partial charge in [-0.2, -0.15) is 0 Å². The Hall–Kier alpha value is -3.52. The van der Waals surface area contributed by atoms with Gasteiger partial charge in [0.2, 0.25) is 0 Å². The number of ether oxygens (including phenoxy) is 1. The van der Waals surface area contributed by atoms with Crippen LogP contribution in [0, 0.1) is 6.92 Å². The van der Waals surface area contributed by atoms with Gasteiger partial charge in [0.05, 0.1) is 24.6 Å². The standard InChI is InChI=1S/C22H19N5O2S/c1-15-7-9-16(10-8-15)27-21(18-13-23-11-12-24-18)25-26-22(27)30-14-19(28)17-5-3-4-6-20(17)29-2/h3-13H,14H2,1-2H3. The number of ketones is 1. The summed E-state index contributed by atoms with van der Waals surface area (Å²) in [4.78, 5) is 21.3. The van der Waals surface area contributed by atoms with E-state index < -0.39 is 0 Å². The van der Waals surface area contributed by atoms with E-state index in [1.54, 1.807) is 37.8 Å². The monoisotopic (exact) mass is 417 g/mol. The molecule has 0 spiro atoms. The molecule has 0 bridgehead atoms. The maximum Gasteiger partial charge on any atom is 0.196 e. The topological polar surface area (TPSA) is 82.8 Å². The minimum Gasteiger partial charge on any atom is -0.496 e. The fraction of sp³-hybridized carbons (Fsp3) is 0.136. The zero-order chi connectivity index (χ0) is 20.9. The summed E-state index contributed by atoms with van der Waals surface area (Å²) in [6.45, 7) is 2.03. The van der Waals surface area contributed by atoms with Crippen LogP contribution in [0.5, 0.6) is 5.75 Å². The van der Waals surface area contributed by atoms with Crippen molar-refractivity contribution in [1.82, 2.24) is 24.7 Å². The Morgan fingerprint density at radius 3 is 2.60 bits per heavy atom. The predicted octanol–water partition coefficient (Wildman–Crippen LogP) is 4.02. The molecule has 0 amide bonds. The predicted molar refractivity (Wildman–Crippen MR) is 115 cm³/mol. The number of benzene rings is 2. The number of thioether (sulfide) groups is 1. The lowest BCUT2D eigenvalue weighted by Crippen LogP contribution is -2.06. The Morgan fingerprint density at radius 2 is 1.87 bits per heavy atom. The molecule has 8 heteroatoms. The third-order valence-electron chi connectivity index (χ3n) is 4.46. The molecule has 0 radical (unpaired) electrons. The molecule has 0 aliphatic carbocycles. The average Bonchev–Trinajstić information content (AvgIpc) is 3.22. The largest absolute Gasteiger partial charge is 0.496 e. The van der Waals surface area contributed by atoms with Crippen molar-refractivity contribution in [3.05, 3.63) is 78.2 Å². The Balaban J connectivity index is 1.67. The van der Waals surface area contributed by atoms with Crippen molar-refractivity contribution < 1.29 is 9.53 Å². The minimum absolute atomic E-state index is 0.0445. The molecule has 0 unspecified atom stereocenters. The first kappa shape index (κ1) is 19.8. The zero-order valence-electron chi connectivity index (χ0n) is 16.5. The lowest BCUT2D eigenvalue weighted by molar-refractivity contribution is 0.101. The molecular weight excluding hydrogens is 398 g/mol. The molecule has 4 aromatic rings. The number of rotatable bonds is 7. The highest BCUT2D eigenvalue weighted by molar-refractivity contribution is 7.99. The summed E-state index contributed by atoms with van der Waals surface area (Å²) in [7, 11) is 1.56. The summed E-state index contributed by atoms with van der Waals surface area (Å²) in [5.41, 5.74) is 3.18. The van der Waals surface area contributed by atoms with Crippen LogP contribution in [-0.2, 0) is 0 Å². The molecule has 0 aliphatic heterocycles. The first-order valence-electron chi connectivity index (χ1n) is 9.25. The minimum atomic E-state index is -0.0445. The lowest BCUT2D eigenvalue weighted by atomic mass is 10.1. The van der Waals surface area contributed by atoms with Gasteiger partial charge in [-0.05, 0) is 31.2 Å². The number of methoxy groups -OCH3 is 1. The lowest BCUT2D eigenvalue weighted by Gasteiger charge is -2.10. The van der Waals surface area contributed by atoms with Crippen molar-refractivity contribution in [2.24, 2.45) is 0 Å². The van der Waals surface area contributed by atoms with Crippen LogP contribution in [0.15, 0.2) is 72.3 Å². The number of carbonyl (C=O) groups excluding carboxylic acids is 1. The van der Waals surface area contributed by atoms with E-state index >= 15 is 0 Å². The van der Waals surface area contributed by atoms with E-state index in [0.717, 1.165) is 11.3 Å². The maximum absolute atomic E-state index is 12.8. The average molecular weight is 417 g/mol. The van der Waals surface area contributed by atoms with E-state index in [1.807, 2.05) is 47.9 Å². The fourth-order valence-electron chi connectivity index (χ4n) is 2.95. The summed E-state index contributed by atoms with van der Waals surface area (Å²) in [5, 5.41) is 9.25. The molecule has 0 aliphatic rings. The summed E-state index contributed by atoms with van der Waals surface area (Å²) in [5.74, 6) is 1.28. The van der Waals surface area contributed by atoms with E-state index in [0.29, 0.717) is 28.0 Å². The van der Waals surface area contributed by atoms with Gasteiger partial charge in [-0.25, -0.2) is 4.98 Å². The molecule has 7 nitrogen and oxygen atoms in total. The van der Waals surface area contributed by atoms with Crippen LogP contribution in [0.1, 0.15) is 15.9 Å². The van der Waals surface area contributed by atoms with Crippen LogP contribution in [0.2, 0.25) is 0 Å². The highest BCUT2D eigenvalue weighted by Crippen LogP contribution is 2.28. The van der Waals surface area contributed by atoms with Gasteiger partial charge in [0.15, 0.2) is 16.8 Å². The third-order valence-corrected chi connectivity index (χ3v) is 5.39. The second kappa shape index (κ2) is 8.87. The SMILES string of the molecule is COc1ccccc1C(=O)CSc1nnc(-c2cnccn2)n1-c1ccc(C)cc1. The molecule has 0 N–H and O–H groups in total. The Bertz CT molecular complexity index is 1160. The second-order valence-electron chi connectivity index (χ2n) is 6.48. The number of aromatic nitrogens is 5. The van der Waals surface area contributed by atoms with Crippen molar-refractivity contribution in [2.75, 3.05) is 12.9 Å². The van der Waals surface area contributed by atoms with Crippen molar-refractivity contribution >= 4 is 17.5 Å². The summed E-state index contributed by atoms with van der Waals surface area (Å²) in [6.07, 6.45) is 4.86. The Kier molecular flexibility index (Phi) is 5.85. The number of nitrogens with zero attached hydrogens (tertiary/aromatic N) is 5. The van der Waals surface area contributed by atoms with Crippen molar-refractivity contribution in [1.29, 1.82) is 0 Å². The van der Waals surface area contributed by atoms with Crippen LogP contribution < -0.4 is 4.74 Å². The summed E-state index contributed by atoms with van der Waals surface area (Å²) < 4.78 is 7.20. The van der Waals surface area contributed by atoms with E-state index in [2.05, 4.69) is 20.2 Å². The van der Waals surface area contributed by atoms with Crippen molar-refractivity contribution in [3.63, 3.8) is 0 Å². The summed E-state index contributed by atoms with van der Waals surface area (Å²) >= 11 is 1.32. The fourth-order valence-corrected chi connectivity index (χ4v) is 3.79. The maximum atomic E-state index is 12.8. The third kappa shape index (κ3) is 4.08. The number of aryl methyl sites for hydroxylation is 1. The van der Waals surface area contributed by atoms with Gasteiger partial charge in [-0.3, -0.25) is 14.3 Å². The van der Waals surface area contributed by atoms with E-state index in [-0.39, 0.29) is 11.5 Å². The van der Waals surface area contributed by atoms with Crippen LogP contribution >= 0.6 is 11.8 Å². The zero-order valence-corrected chi connectivity index (χ0v) is 17.3. The number of carbonyl (C=O) groups is 1. The number of Topliss-reactive ketones (excluding diaryl/α,β-unsaturated/α-hetero) is 1. The van der Waals surface area contributed by atoms with Gasteiger partial charge >= 0.3 is 0 Å². The molecule has 0 atom stereocenters. The molecule has 30 heavy (non-hydrogen) atoms. The normalized spacial score (nSPS) is 10.7. The van der Waals surface area contributed by atoms with E-state index in [1.165, 1.54) is 11.8 Å². The van der Waals surface area contributed by atoms with Crippen molar-refractivity contribution in [2.45, 2.75) is 12.1 Å². The second-order valence-corrected chi connectivity index (χ2v) is 7.42. The van der Waals surface area contributed by atoms with Gasteiger partial charge in [-0.1, -0.05) is 41.6 Å². The van der Waals surface area contributed by atoms with E-state index in [9.17, 15) is 4.79 Å². The molecule has 0 saturated heterocycles. The first-order valence-corrected chi connectivity index (χ1v) is 10.2. The molecule has 4 rings (SSSR count). The molecule has 2 heterocycles. The Labute approximate surface area is 178 Å². The number of para-hydroxylation sites is 1. The Morgan fingerprint density at radius 1 is 1.07 bits per heavy atom. The highest BCUT2D eigenvalue weighted by atomic mass is 32.2. The molecule has 0 saturated carbocycles. The molecule has 150 valence electrons. The smallest absolute Gasteiger partial charge is 0.196 e. The number of hydrogen-bond acceptors (Lipinski definition) is 7. The highest BCUT2D eigenvalue weighted by Gasteiger charge is 2.19. The molecular formula is C22H19N5O2S. The van der Waals surface area contributed by atoms with Crippen LogP contribution in [0.3, 0.4) is 0 Å². The van der Waals surface area contributed by atoms with E-state index in [4.69, 9.17) is 4.74 Å².